The predicted octanol–water partition coefficient (Wildman–Crippen LogP) is 0.265. The molecule has 1 saturated heterocycles. The molecule has 0 spiro atoms. The molecule has 0 aromatic carbocycles. The molecule has 1 saturated carbocycles. The zero-order valence-electron chi connectivity index (χ0n) is 7.31. The Morgan fingerprint density at radius 3 is 3.00 bits per heavy atom. The van der Waals surface area contributed by atoms with Crippen LogP contribution in [-0.2, 0) is 4.79 Å². The first-order chi connectivity index (χ1) is 5.84. The zero-order valence-corrected chi connectivity index (χ0v) is 7.31. The van der Waals surface area contributed by atoms with Crippen molar-refractivity contribution in [2.24, 2.45) is 5.92 Å². The van der Waals surface area contributed by atoms with Crippen LogP contribution in [0.15, 0.2) is 0 Å². The van der Waals surface area contributed by atoms with E-state index in [0.717, 1.165) is 19.0 Å². The second kappa shape index (κ2) is 3.44. The highest BCUT2D eigenvalue weighted by Gasteiger charge is 2.26. The molecule has 2 rings (SSSR count). The molecular weight excluding hydrogens is 152 g/mol. The molecule has 12 heavy (non-hydrogen) atoms. The summed E-state index contributed by atoms with van der Waals surface area (Å²) in [6.45, 7) is 1.68. The Hall–Kier alpha value is -0.570. The molecule has 1 aliphatic carbocycles. The maximum absolute atomic E-state index is 11.0. The topological polar surface area (TPSA) is 41.1 Å². The van der Waals surface area contributed by atoms with Gasteiger partial charge < -0.3 is 10.6 Å². The summed E-state index contributed by atoms with van der Waals surface area (Å²) >= 11 is 0. The molecule has 0 radical (unpaired) electrons. The molecule has 0 bridgehead atoms. The molecule has 1 unspecified atom stereocenters. The van der Waals surface area contributed by atoms with Crippen molar-refractivity contribution in [2.45, 2.75) is 31.7 Å². The number of hydrogen-bond donors (Lipinski definition) is 2. The quantitative estimate of drug-likeness (QED) is 0.621. The van der Waals surface area contributed by atoms with Gasteiger partial charge in [-0.3, -0.25) is 4.79 Å². The van der Waals surface area contributed by atoms with E-state index in [0.29, 0.717) is 12.5 Å². The van der Waals surface area contributed by atoms with Crippen LogP contribution in [0.2, 0.25) is 0 Å². The van der Waals surface area contributed by atoms with E-state index in [1.807, 2.05) is 0 Å². The lowest BCUT2D eigenvalue weighted by atomic mass is 10.1. The lowest BCUT2D eigenvalue weighted by Gasteiger charge is -2.14. The third kappa shape index (κ3) is 2.21. The van der Waals surface area contributed by atoms with Crippen molar-refractivity contribution in [3.63, 3.8) is 0 Å². The van der Waals surface area contributed by atoms with E-state index in [9.17, 15) is 4.79 Å². The van der Waals surface area contributed by atoms with Crippen LogP contribution in [0.3, 0.4) is 0 Å². The summed E-state index contributed by atoms with van der Waals surface area (Å²) in [5.74, 6) is 1.14. The van der Waals surface area contributed by atoms with Crippen molar-refractivity contribution >= 4 is 5.91 Å². The third-order valence-electron chi connectivity index (χ3n) is 2.65. The molecule has 2 fully saturated rings. The zero-order chi connectivity index (χ0) is 8.39. The second-order valence-corrected chi connectivity index (χ2v) is 3.88. The van der Waals surface area contributed by atoms with Gasteiger partial charge in [0.2, 0.25) is 5.91 Å². The van der Waals surface area contributed by atoms with E-state index in [1.165, 1.54) is 19.3 Å². The third-order valence-corrected chi connectivity index (χ3v) is 2.65. The highest BCUT2D eigenvalue weighted by atomic mass is 16.1. The minimum atomic E-state index is 0.195. The monoisotopic (exact) mass is 168 g/mol. The summed E-state index contributed by atoms with van der Waals surface area (Å²) < 4.78 is 0. The Bertz CT molecular complexity index is 177. The van der Waals surface area contributed by atoms with Crippen LogP contribution in [0.1, 0.15) is 25.7 Å². The van der Waals surface area contributed by atoms with Crippen molar-refractivity contribution in [1.29, 1.82) is 0 Å². The van der Waals surface area contributed by atoms with E-state index in [4.69, 9.17) is 0 Å². The molecule has 3 heteroatoms. The van der Waals surface area contributed by atoms with Crippen LogP contribution < -0.4 is 10.6 Å². The standard InChI is InChI=1S/C9H16N2O/c12-9-3-4-10-8(6-11-9)5-7-1-2-7/h7-8,10H,1-6H2,(H,11,12). The maximum Gasteiger partial charge on any atom is 0.221 e. The maximum atomic E-state index is 11.0. The fourth-order valence-electron chi connectivity index (χ4n) is 1.71. The molecule has 1 aliphatic heterocycles. The van der Waals surface area contributed by atoms with Crippen molar-refractivity contribution in [3.8, 4) is 0 Å². The fraction of sp³-hybridized carbons (Fsp3) is 0.889. The first kappa shape index (κ1) is 8.05. The first-order valence-electron chi connectivity index (χ1n) is 4.84. The van der Waals surface area contributed by atoms with Gasteiger partial charge in [0.05, 0.1) is 0 Å². The molecule has 1 heterocycles. The van der Waals surface area contributed by atoms with Crippen molar-refractivity contribution in [2.75, 3.05) is 13.1 Å². The van der Waals surface area contributed by atoms with Crippen LogP contribution in [0.25, 0.3) is 0 Å². The summed E-state index contributed by atoms with van der Waals surface area (Å²) in [6, 6.07) is 0.531. The Morgan fingerprint density at radius 2 is 2.25 bits per heavy atom. The number of amides is 1. The molecule has 2 N–H and O–H groups in total. The summed E-state index contributed by atoms with van der Waals surface area (Å²) in [5.41, 5.74) is 0. The van der Waals surface area contributed by atoms with Gasteiger partial charge >= 0.3 is 0 Å². The van der Waals surface area contributed by atoms with Gasteiger partial charge in [0.25, 0.3) is 0 Å². The van der Waals surface area contributed by atoms with Crippen LogP contribution in [-0.4, -0.2) is 25.0 Å². The molecule has 1 atom stereocenters. The Morgan fingerprint density at radius 1 is 1.42 bits per heavy atom. The number of carbonyl (C=O) groups is 1. The van der Waals surface area contributed by atoms with Crippen LogP contribution in [0, 0.1) is 5.92 Å². The van der Waals surface area contributed by atoms with Gasteiger partial charge in [-0.2, -0.15) is 0 Å². The Balaban J connectivity index is 1.77. The number of carbonyl (C=O) groups excluding carboxylic acids is 1. The number of nitrogens with one attached hydrogen (secondary N) is 2. The van der Waals surface area contributed by atoms with Gasteiger partial charge in [-0.05, 0) is 12.3 Å². The van der Waals surface area contributed by atoms with E-state index in [-0.39, 0.29) is 5.91 Å². The van der Waals surface area contributed by atoms with Gasteiger partial charge in [0, 0.05) is 25.6 Å². The Labute approximate surface area is 72.9 Å². The van der Waals surface area contributed by atoms with E-state index >= 15 is 0 Å². The minimum Gasteiger partial charge on any atom is -0.354 e. The Kier molecular flexibility index (Phi) is 2.30. The average Bonchev–Trinajstić information content (AvgIpc) is 2.83. The first-order valence-corrected chi connectivity index (χ1v) is 4.84. The lowest BCUT2D eigenvalue weighted by molar-refractivity contribution is -0.120. The van der Waals surface area contributed by atoms with Gasteiger partial charge in [-0.1, -0.05) is 12.8 Å². The SMILES string of the molecule is O=C1CCNC(CC2CC2)CN1. The molecule has 68 valence electrons. The summed E-state index contributed by atoms with van der Waals surface area (Å²) in [5, 5.41) is 6.33. The van der Waals surface area contributed by atoms with Crippen LogP contribution in [0.4, 0.5) is 0 Å². The number of rotatable bonds is 2. The van der Waals surface area contributed by atoms with Gasteiger partial charge in [-0.15, -0.1) is 0 Å². The molecule has 0 aromatic rings. The largest absolute Gasteiger partial charge is 0.354 e. The molecule has 1 amide bonds. The number of hydrogen-bond acceptors (Lipinski definition) is 2. The van der Waals surface area contributed by atoms with Gasteiger partial charge in [0.1, 0.15) is 0 Å². The highest BCUT2D eigenvalue weighted by molar-refractivity contribution is 5.76. The van der Waals surface area contributed by atoms with Crippen molar-refractivity contribution in [3.05, 3.63) is 0 Å². The van der Waals surface area contributed by atoms with Crippen molar-refractivity contribution < 1.29 is 4.79 Å². The highest BCUT2D eigenvalue weighted by Crippen LogP contribution is 2.33. The summed E-state index contributed by atoms with van der Waals surface area (Å²) in [6.07, 6.45) is 4.68. The summed E-state index contributed by atoms with van der Waals surface area (Å²) in [7, 11) is 0. The minimum absolute atomic E-state index is 0.195. The molecule has 0 aromatic heterocycles. The van der Waals surface area contributed by atoms with E-state index in [2.05, 4.69) is 10.6 Å². The van der Waals surface area contributed by atoms with Gasteiger partial charge in [0.15, 0.2) is 0 Å². The average molecular weight is 168 g/mol. The van der Waals surface area contributed by atoms with Crippen molar-refractivity contribution in [1.82, 2.24) is 10.6 Å². The lowest BCUT2D eigenvalue weighted by Crippen LogP contribution is -2.36. The summed E-state index contributed by atoms with van der Waals surface area (Å²) in [4.78, 5) is 11.0. The normalized spacial score (nSPS) is 31.0. The van der Waals surface area contributed by atoms with Gasteiger partial charge in [-0.25, -0.2) is 0 Å². The fourth-order valence-corrected chi connectivity index (χ4v) is 1.71. The smallest absolute Gasteiger partial charge is 0.221 e. The van der Waals surface area contributed by atoms with E-state index < -0.39 is 0 Å². The molecule has 3 nitrogen and oxygen atoms in total. The van der Waals surface area contributed by atoms with E-state index in [1.54, 1.807) is 0 Å². The molecular formula is C9H16N2O. The van der Waals surface area contributed by atoms with Crippen LogP contribution >= 0.6 is 0 Å². The predicted molar refractivity (Wildman–Crippen MR) is 46.8 cm³/mol. The van der Waals surface area contributed by atoms with Crippen LogP contribution in [0.5, 0.6) is 0 Å². The second-order valence-electron chi connectivity index (χ2n) is 3.88. The molecule has 2 aliphatic rings.